The molecule has 4 nitrogen and oxygen atoms in total. The molecule has 2 rings (SSSR count). The third-order valence-electron chi connectivity index (χ3n) is 3.51. The van der Waals surface area contributed by atoms with E-state index < -0.39 is 11.7 Å². The zero-order chi connectivity index (χ0) is 16.8. The van der Waals surface area contributed by atoms with Gasteiger partial charge in [-0.15, -0.1) is 0 Å². The van der Waals surface area contributed by atoms with Gasteiger partial charge in [0.2, 0.25) is 0 Å². The van der Waals surface area contributed by atoms with E-state index in [0.29, 0.717) is 29.4 Å². The SMILES string of the molecule is CC(C)CCCOc1ccc(-c2ccncc2C(N)=O)c(F)c1. The second-order valence-electron chi connectivity index (χ2n) is 5.81. The minimum Gasteiger partial charge on any atom is -0.493 e. The van der Waals surface area contributed by atoms with Gasteiger partial charge in [-0.05, 0) is 37.0 Å². The van der Waals surface area contributed by atoms with Crippen LogP contribution in [0.5, 0.6) is 5.75 Å². The van der Waals surface area contributed by atoms with Crippen LogP contribution in [0.15, 0.2) is 36.7 Å². The van der Waals surface area contributed by atoms with Crippen molar-refractivity contribution < 1.29 is 13.9 Å². The predicted octanol–water partition coefficient (Wildman–Crippen LogP) is 3.80. The fourth-order valence-electron chi connectivity index (χ4n) is 2.31. The van der Waals surface area contributed by atoms with Crippen LogP contribution in [0.1, 0.15) is 37.0 Å². The zero-order valence-electron chi connectivity index (χ0n) is 13.4. The van der Waals surface area contributed by atoms with Crippen molar-refractivity contribution >= 4 is 5.91 Å². The number of carbonyl (C=O) groups is 1. The third-order valence-corrected chi connectivity index (χ3v) is 3.51. The van der Waals surface area contributed by atoms with Crippen LogP contribution >= 0.6 is 0 Å². The number of nitrogens with zero attached hydrogens (tertiary/aromatic N) is 1. The molecule has 0 aliphatic rings. The molecule has 0 aliphatic heterocycles. The molecule has 0 spiro atoms. The lowest BCUT2D eigenvalue weighted by molar-refractivity contribution is 0.100. The molecule has 2 aromatic rings. The Morgan fingerprint density at radius 1 is 1.30 bits per heavy atom. The van der Waals surface area contributed by atoms with Gasteiger partial charge in [0.25, 0.3) is 5.91 Å². The molecule has 0 atom stereocenters. The van der Waals surface area contributed by atoms with E-state index in [4.69, 9.17) is 10.5 Å². The Hall–Kier alpha value is -2.43. The van der Waals surface area contributed by atoms with Crippen molar-refractivity contribution in [2.24, 2.45) is 11.7 Å². The highest BCUT2D eigenvalue weighted by molar-refractivity contribution is 5.99. The van der Waals surface area contributed by atoms with E-state index >= 15 is 0 Å². The summed E-state index contributed by atoms with van der Waals surface area (Å²) in [7, 11) is 0. The lowest BCUT2D eigenvalue weighted by atomic mass is 10.0. The molecule has 0 fully saturated rings. The Kier molecular flexibility index (Phi) is 5.68. The van der Waals surface area contributed by atoms with E-state index in [1.54, 1.807) is 18.2 Å². The number of primary amides is 1. The Balaban J connectivity index is 2.15. The standard InChI is InChI=1S/C18H21FN2O2/c1-12(2)4-3-9-23-13-5-6-15(17(19)10-13)14-7-8-21-11-16(14)18(20)22/h5-8,10-12H,3-4,9H2,1-2H3,(H2,20,22). The fraction of sp³-hybridized carbons (Fsp3) is 0.333. The van der Waals surface area contributed by atoms with E-state index in [2.05, 4.69) is 18.8 Å². The molecular formula is C18H21FN2O2. The quantitative estimate of drug-likeness (QED) is 0.790. The molecular weight excluding hydrogens is 295 g/mol. The molecule has 5 heteroatoms. The molecule has 2 N–H and O–H groups in total. The minimum atomic E-state index is -0.637. The number of rotatable bonds is 7. The molecule has 23 heavy (non-hydrogen) atoms. The van der Waals surface area contributed by atoms with Crippen LogP contribution in [0.3, 0.4) is 0 Å². The smallest absolute Gasteiger partial charge is 0.250 e. The average molecular weight is 316 g/mol. The normalized spacial score (nSPS) is 10.8. The summed E-state index contributed by atoms with van der Waals surface area (Å²) >= 11 is 0. The highest BCUT2D eigenvalue weighted by atomic mass is 19.1. The number of nitrogens with two attached hydrogens (primary N) is 1. The lowest BCUT2D eigenvalue weighted by Gasteiger charge is -2.11. The maximum absolute atomic E-state index is 14.4. The average Bonchev–Trinajstić information content (AvgIpc) is 2.51. The zero-order valence-corrected chi connectivity index (χ0v) is 13.4. The second kappa shape index (κ2) is 7.72. The van der Waals surface area contributed by atoms with Crippen molar-refractivity contribution in [3.63, 3.8) is 0 Å². The van der Waals surface area contributed by atoms with Gasteiger partial charge < -0.3 is 10.5 Å². The van der Waals surface area contributed by atoms with Crippen molar-refractivity contribution in [1.29, 1.82) is 0 Å². The number of hydrogen-bond acceptors (Lipinski definition) is 3. The van der Waals surface area contributed by atoms with E-state index in [1.807, 2.05) is 0 Å². The summed E-state index contributed by atoms with van der Waals surface area (Å²) < 4.78 is 19.9. The first-order chi connectivity index (χ1) is 11.0. The molecule has 0 bridgehead atoms. The van der Waals surface area contributed by atoms with Crippen LogP contribution in [-0.2, 0) is 0 Å². The van der Waals surface area contributed by atoms with E-state index in [1.165, 1.54) is 18.5 Å². The number of ether oxygens (including phenoxy) is 1. The van der Waals surface area contributed by atoms with E-state index in [0.717, 1.165) is 12.8 Å². The summed E-state index contributed by atoms with van der Waals surface area (Å²) in [4.78, 5) is 15.3. The van der Waals surface area contributed by atoms with Gasteiger partial charge >= 0.3 is 0 Å². The van der Waals surface area contributed by atoms with Crippen molar-refractivity contribution in [1.82, 2.24) is 4.98 Å². The molecule has 1 amide bonds. The number of amides is 1. The predicted molar refractivity (Wildman–Crippen MR) is 87.7 cm³/mol. The summed E-state index contributed by atoms with van der Waals surface area (Å²) in [6.45, 7) is 4.86. The number of aromatic nitrogens is 1. The number of halogens is 1. The van der Waals surface area contributed by atoms with Crippen LogP contribution in [0.2, 0.25) is 0 Å². The van der Waals surface area contributed by atoms with Gasteiger partial charge in [0.15, 0.2) is 0 Å². The highest BCUT2D eigenvalue weighted by Gasteiger charge is 2.14. The summed E-state index contributed by atoms with van der Waals surface area (Å²) in [6, 6.07) is 6.19. The first-order valence-electron chi connectivity index (χ1n) is 7.65. The van der Waals surface area contributed by atoms with Crippen LogP contribution in [-0.4, -0.2) is 17.5 Å². The van der Waals surface area contributed by atoms with Gasteiger partial charge in [-0.2, -0.15) is 0 Å². The van der Waals surface area contributed by atoms with Crippen LogP contribution in [0.25, 0.3) is 11.1 Å². The molecule has 1 aromatic heterocycles. The van der Waals surface area contributed by atoms with Gasteiger partial charge in [0, 0.05) is 29.6 Å². The summed E-state index contributed by atoms with van der Waals surface area (Å²) in [5.41, 5.74) is 6.23. The second-order valence-corrected chi connectivity index (χ2v) is 5.81. The topological polar surface area (TPSA) is 65.2 Å². The molecule has 0 unspecified atom stereocenters. The maximum Gasteiger partial charge on any atom is 0.250 e. The first kappa shape index (κ1) is 16.9. The third kappa shape index (κ3) is 4.52. The van der Waals surface area contributed by atoms with Crippen molar-refractivity contribution in [2.75, 3.05) is 6.61 Å². The summed E-state index contributed by atoms with van der Waals surface area (Å²) in [6.07, 6.45) is 4.84. The Morgan fingerprint density at radius 2 is 2.09 bits per heavy atom. The van der Waals surface area contributed by atoms with Gasteiger partial charge in [-0.25, -0.2) is 4.39 Å². The van der Waals surface area contributed by atoms with Crippen LogP contribution in [0, 0.1) is 11.7 Å². The molecule has 122 valence electrons. The lowest BCUT2D eigenvalue weighted by Crippen LogP contribution is -2.13. The number of carbonyl (C=O) groups excluding carboxylic acids is 1. The van der Waals surface area contributed by atoms with Gasteiger partial charge in [-0.1, -0.05) is 13.8 Å². The minimum absolute atomic E-state index is 0.192. The monoisotopic (exact) mass is 316 g/mol. The van der Waals surface area contributed by atoms with Crippen molar-refractivity contribution in [2.45, 2.75) is 26.7 Å². The van der Waals surface area contributed by atoms with Crippen LogP contribution < -0.4 is 10.5 Å². The van der Waals surface area contributed by atoms with Crippen molar-refractivity contribution in [3.05, 3.63) is 48.0 Å². The first-order valence-corrected chi connectivity index (χ1v) is 7.65. The molecule has 0 aliphatic carbocycles. The Bertz CT molecular complexity index is 686. The summed E-state index contributed by atoms with van der Waals surface area (Å²) in [5, 5.41) is 0. The van der Waals surface area contributed by atoms with Crippen LogP contribution in [0.4, 0.5) is 4.39 Å². The van der Waals surface area contributed by atoms with E-state index in [-0.39, 0.29) is 5.56 Å². The molecule has 0 saturated heterocycles. The Labute approximate surface area is 135 Å². The Morgan fingerprint density at radius 3 is 2.74 bits per heavy atom. The van der Waals surface area contributed by atoms with E-state index in [9.17, 15) is 9.18 Å². The molecule has 1 heterocycles. The maximum atomic E-state index is 14.4. The molecule has 1 aromatic carbocycles. The van der Waals surface area contributed by atoms with Gasteiger partial charge in [0.05, 0.1) is 12.2 Å². The molecule has 0 radical (unpaired) electrons. The fourth-order valence-corrected chi connectivity index (χ4v) is 2.31. The van der Waals surface area contributed by atoms with Crippen molar-refractivity contribution in [3.8, 4) is 16.9 Å². The highest BCUT2D eigenvalue weighted by Crippen LogP contribution is 2.28. The summed E-state index contributed by atoms with van der Waals surface area (Å²) in [5.74, 6) is 0.00267. The molecule has 0 saturated carbocycles. The van der Waals surface area contributed by atoms with Gasteiger partial charge in [-0.3, -0.25) is 9.78 Å². The van der Waals surface area contributed by atoms with Gasteiger partial charge in [0.1, 0.15) is 11.6 Å². The number of hydrogen-bond donors (Lipinski definition) is 1. The number of benzene rings is 1. The largest absolute Gasteiger partial charge is 0.493 e. The number of pyridine rings is 1.